The van der Waals surface area contributed by atoms with Crippen molar-refractivity contribution < 1.29 is 24.2 Å². The van der Waals surface area contributed by atoms with E-state index >= 15 is 0 Å². The van der Waals surface area contributed by atoms with Gasteiger partial charge in [0.15, 0.2) is 5.92 Å². The highest BCUT2D eigenvalue weighted by Crippen LogP contribution is 2.67. The molecule has 188 valence electrons. The second kappa shape index (κ2) is 9.87. The van der Waals surface area contributed by atoms with Crippen LogP contribution in [0.5, 0.6) is 0 Å². The summed E-state index contributed by atoms with van der Waals surface area (Å²) in [6, 6.07) is 0. The maximum Gasteiger partial charge on any atom is 0.320 e. The zero-order valence-electron chi connectivity index (χ0n) is 21.3. The summed E-state index contributed by atoms with van der Waals surface area (Å²) in [5, 5.41) is 11.6. The number of hydrogen-bond donors (Lipinski definition) is 1. The molecule has 33 heavy (non-hydrogen) atoms. The topological polar surface area (TPSA) is 72.8 Å². The highest BCUT2D eigenvalue weighted by molar-refractivity contribution is 5.94. The van der Waals surface area contributed by atoms with Gasteiger partial charge in [-0.15, -0.1) is 0 Å². The Kier molecular flexibility index (Phi) is 7.48. The average Bonchev–Trinajstić information content (AvgIpc) is 3.12. The summed E-state index contributed by atoms with van der Waals surface area (Å²) in [4.78, 5) is 25.0. The molecule has 0 aromatic carbocycles. The number of fused-ring (bicyclic) bond motifs is 5. The molecule has 0 spiro atoms. The summed E-state index contributed by atoms with van der Waals surface area (Å²) in [7, 11) is 0. The summed E-state index contributed by atoms with van der Waals surface area (Å²) in [5.41, 5.74) is 0.285. The van der Waals surface area contributed by atoms with Crippen LogP contribution in [-0.2, 0) is 19.1 Å². The van der Waals surface area contributed by atoms with E-state index in [0.717, 1.165) is 25.2 Å². The van der Waals surface area contributed by atoms with E-state index in [9.17, 15) is 14.7 Å². The lowest BCUT2D eigenvalue weighted by Gasteiger charge is -2.62. The number of aliphatic hydroxyl groups is 1. The Morgan fingerprint density at radius 2 is 1.64 bits per heavy atom. The maximum atomic E-state index is 12.5. The van der Waals surface area contributed by atoms with Gasteiger partial charge >= 0.3 is 11.9 Å². The second-order valence-corrected chi connectivity index (χ2v) is 11.9. The van der Waals surface area contributed by atoms with Crippen LogP contribution in [0.3, 0.4) is 0 Å². The van der Waals surface area contributed by atoms with E-state index in [4.69, 9.17) is 9.47 Å². The van der Waals surface area contributed by atoms with Gasteiger partial charge in [0.25, 0.3) is 0 Å². The highest BCUT2D eigenvalue weighted by Gasteiger charge is 2.62. The number of carbonyl (C=O) groups is 2. The minimum absolute atomic E-state index is 0.118. The molecule has 0 amide bonds. The first-order valence-corrected chi connectivity index (χ1v) is 13.8. The second-order valence-electron chi connectivity index (χ2n) is 11.9. The van der Waals surface area contributed by atoms with Crippen molar-refractivity contribution in [2.24, 2.45) is 46.3 Å². The molecular formula is C28H46O5. The molecule has 4 aliphatic carbocycles. The molecule has 4 rings (SSSR count). The van der Waals surface area contributed by atoms with Crippen molar-refractivity contribution in [2.75, 3.05) is 13.2 Å². The Bertz CT molecular complexity index is 703. The van der Waals surface area contributed by atoms with Crippen molar-refractivity contribution in [1.29, 1.82) is 0 Å². The van der Waals surface area contributed by atoms with Crippen LogP contribution in [0.1, 0.15) is 98.3 Å². The molecule has 0 aromatic heterocycles. The van der Waals surface area contributed by atoms with Crippen molar-refractivity contribution in [3.63, 3.8) is 0 Å². The Labute approximate surface area is 200 Å². The fraction of sp³-hybridized carbons (Fsp3) is 0.929. The number of hydrogen-bond acceptors (Lipinski definition) is 5. The van der Waals surface area contributed by atoms with Gasteiger partial charge in [0.1, 0.15) is 0 Å². The zero-order chi connectivity index (χ0) is 23.8. The van der Waals surface area contributed by atoms with Crippen molar-refractivity contribution in [1.82, 2.24) is 0 Å². The fourth-order valence-electron chi connectivity index (χ4n) is 9.04. The Hall–Kier alpha value is -1.10. The molecule has 8 atom stereocenters. The lowest BCUT2D eigenvalue weighted by atomic mass is 9.44. The lowest BCUT2D eigenvalue weighted by Crippen LogP contribution is -2.57. The Morgan fingerprint density at radius 3 is 2.30 bits per heavy atom. The molecule has 4 saturated carbocycles. The Morgan fingerprint density at radius 1 is 0.939 bits per heavy atom. The van der Waals surface area contributed by atoms with Crippen molar-refractivity contribution in [2.45, 2.75) is 104 Å². The molecule has 0 saturated heterocycles. The molecular weight excluding hydrogens is 416 g/mol. The van der Waals surface area contributed by atoms with E-state index in [1.165, 1.54) is 44.9 Å². The molecule has 4 aliphatic rings. The van der Waals surface area contributed by atoms with Gasteiger partial charge in [-0.3, -0.25) is 9.59 Å². The molecule has 5 heteroatoms. The minimum Gasteiger partial charge on any atom is -0.465 e. The molecule has 0 radical (unpaired) electrons. The zero-order valence-corrected chi connectivity index (χ0v) is 21.3. The van der Waals surface area contributed by atoms with Crippen LogP contribution in [0, 0.1) is 46.3 Å². The number of rotatable bonds is 7. The van der Waals surface area contributed by atoms with Crippen LogP contribution in [0.4, 0.5) is 0 Å². The van der Waals surface area contributed by atoms with Gasteiger partial charge in [0.05, 0.1) is 19.3 Å². The first-order chi connectivity index (χ1) is 15.8. The van der Waals surface area contributed by atoms with Gasteiger partial charge in [0.2, 0.25) is 0 Å². The van der Waals surface area contributed by atoms with Gasteiger partial charge in [-0.05, 0) is 112 Å². The third-order valence-electron chi connectivity index (χ3n) is 10.8. The summed E-state index contributed by atoms with van der Waals surface area (Å²) in [6.45, 7) is 8.91. The summed E-state index contributed by atoms with van der Waals surface area (Å²) in [6.07, 6.45) is 12.2. The quantitative estimate of drug-likeness (QED) is 0.398. The number of ether oxygens (including phenoxy) is 2. The number of carbonyl (C=O) groups excluding carboxylic acids is 2. The fourth-order valence-corrected chi connectivity index (χ4v) is 9.04. The first kappa shape index (κ1) is 25.0. The number of esters is 2. The maximum absolute atomic E-state index is 12.5. The van der Waals surface area contributed by atoms with Crippen molar-refractivity contribution >= 4 is 11.9 Å². The monoisotopic (exact) mass is 462 g/mol. The van der Waals surface area contributed by atoms with E-state index in [-0.39, 0.29) is 24.7 Å². The molecule has 4 fully saturated rings. The van der Waals surface area contributed by atoms with E-state index in [1.807, 2.05) is 0 Å². The molecule has 5 nitrogen and oxygen atoms in total. The predicted octanol–water partition coefficient (Wildman–Crippen LogP) is 5.53. The van der Waals surface area contributed by atoms with Gasteiger partial charge < -0.3 is 14.6 Å². The van der Waals surface area contributed by atoms with Crippen LogP contribution in [-0.4, -0.2) is 36.4 Å². The van der Waals surface area contributed by atoms with Crippen molar-refractivity contribution in [3.8, 4) is 0 Å². The third-order valence-corrected chi connectivity index (χ3v) is 10.8. The van der Waals surface area contributed by atoms with E-state index in [2.05, 4.69) is 13.8 Å². The summed E-state index contributed by atoms with van der Waals surface area (Å²) in [5.74, 6) is 1.31. The van der Waals surface area contributed by atoms with Crippen LogP contribution in [0.15, 0.2) is 0 Å². The predicted molar refractivity (Wildman–Crippen MR) is 127 cm³/mol. The van der Waals surface area contributed by atoms with Crippen molar-refractivity contribution in [3.05, 3.63) is 0 Å². The van der Waals surface area contributed by atoms with Crippen LogP contribution < -0.4 is 0 Å². The van der Waals surface area contributed by atoms with Gasteiger partial charge in [-0.2, -0.15) is 0 Å². The van der Waals surface area contributed by atoms with Gasteiger partial charge in [0, 0.05) is 0 Å². The van der Waals surface area contributed by atoms with Gasteiger partial charge in [-0.25, -0.2) is 0 Å². The molecule has 0 aliphatic heterocycles. The highest BCUT2D eigenvalue weighted by atomic mass is 16.6. The van der Waals surface area contributed by atoms with Crippen LogP contribution in [0.25, 0.3) is 0 Å². The minimum atomic E-state index is -0.849. The SMILES string of the molecule is CCOC(=O)C(CC[C@H]1CCC2C3CC[C@@H]4CCCC[C@]4(C)C3CC(O)[C@@]21C)C(=O)OCC. The lowest BCUT2D eigenvalue weighted by molar-refractivity contribution is -0.167. The first-order valence-electron chi connectivity index (χ1n) is 13.8. The molecule has 4 unspecified atom stereocenters. The van der Waals surface area contributed by atoms with E-state index in [0.29, 0.717) is 35.5 Å². The Balaban J connectivity index is 1.49. The van der Waals surface area contributed by atoms with E-state index in [1.54, 1.807) is 13.8 Å². The van der Waals surface area contributed by atoms with Gasteiger partial charge in [-0.1, -0.05) is 26.7 Å². The summed E-state index contributed by atoms with van der Waals surface area (Å²) >= 11 is 0. The van der Waals surface area contributed by atoms with E-state index < -0.39 is 17.9 Å². The normalized spacial score (nSPS) is 42.2. The number of aliphatic hydroxyl groups excluding tert-OH is 1. The van der Waals surface area contributed by atoms with Crippen LogP contribution >= 0.6 is 0 Å². The largest absolute Gasteiger partial charge is 0.465 e. The smallest absolute Gasteiger partial charge is 0.320 e. The summed E-state index contributed by atoms with van der Waals surface area (Å²) < 4.78 is 10.4. The third kappa shape index (κ3) is 4.25. The molecule has 0 heterocycles. The standard InChI is InChI=1S/C28H46O5/c1-5-32-25(30)21(26(31)33-6-2)14-11-19-12-15-22-20-13-10-18-9-7-8-16-27(18,3)23(20)17-24(29)28(19,22)4/h18-24,29H,5-17H2,1-4H3/t18-,19-,20?,22?,23?,24?,27-,28+/m0/s1. The molecule has 0 bridgehead atoms. The molecule has 0 aromatic rings. The average molecular weight is 463 g/mol. The van der Waals surface area contributed by atoms with Crippen LogP contribution in [0.2, 0.25) is 0 Å². The molecule has 1 N–H and O–H groups in total.